The van der Waals surface area contributed by atoms with Crippen molar-refractivity contribution in [1.82, 2.24) is 4.90 Å². The average Bonchev–Trinajstić information content (AvgIpc) is 2.28. The van der Waals surface area contributed by atoms with Gasteiger partial charge in [0.25, 0.3) is 0 Å². The number of hydrogen-bond acceptors (Lipinski definition) is 1. The number of carbonyl (C=O) groups excluding carboxylic acids is 1. The van der Waals surface area contributed by atoms with Gasteiger partial charge in [-0.15, -0.1) is 0 Å². The largest absolute Gasteiger partial charge is 0.342 e. The lowest BCUT2D eigenvalue weighted by molar-refractivity contribution is -0.136. The van der Waals surface area contributed by atoms with Crippen LogP contribution < -0.4 is 0 Å². The second-order valence-corrected chi connectivity index (χ2v) is 5.28. The molecule has 0 aromatic carbocycles. The second-order valence-electron chi connectivity index (χ2n) is 4.64. The molecule has 0 saturated carbocycles. The van der Waals surface area contributed by atoms with Gasteiger partial charge >= 0.3 is 0 Å². The van der Waals surface area contributed by atoms with E-state index in [0.717, 1.165) is 31.3 Å². The van der Waals surface area contributed by atoms with Crippen molar-refractivity contribution in [1.29, 1.82) is 0 Å². The Morgan fingerprint density at radius 2 is 2.33 bits per heavy atom. The van der Waals surface area contributed by atoms with E-state index in [1.165, 1.54) is 12.8 Å². The van der Waals surface area contributed by atoms with Crippen molar-refractivity contribution in [2.24, 2.45) is 11.8 Å². The lowest BCUT2D eigenvalue weighted by Gasteiger charge is -2.33. The van der Waals surface area contributed by atoms with Gasteiger partial charge in [0, 0.05) is 24.3 Å². The predicted molar refractivity (Wildman–Crippen MR) is 67.2 cm³/mol. The minimum atomic E-state index is 0.212. The number of likely N-dealkylation sites (tertiary alicyclic amines) is 1. The third kappa shape index (κ3) is 3.78. The van der Waals surface area contributed by atoms with Gasteiger partial charge in [-0.1, -0.05) is 36.2 Å². The lowest BCUT2D eigenvalue weighted by Crippen LogP contribution is -2.42. The highest BCUT2D eigenvalue weighted by Crippen LogP contribution is 2.20. The van der Waals surface area contributed by atoms with E-state index >= 15 is 0 Å². The summed E-state index contributed by atoms with van der Waals surface area (Å²) < 4.78 is 0. The number of carbonyl (C=O) groups is 1. The fourth-order valence-electron chi connectivity index (χ4n) is 2.26. The van der Waals surface area contributed by atoms with Gasteiger partial charge in [0.05, 0.1) is 0 Å². The fourth-order valence-corrected chi connectivity index (χ4v) is 2.79. The number of piperidine rings is 1. The molecule has 1 amide bonds. The van der Waals surface area contributed by atoms with E-state index in [0.29, 0.717) is 11.8 Å². The zero-order valence-electron chi connectivity index (χ0n) is 9.84. The van der Waals surface area contributed by atoms with Crippen LogP contribution in [0.1, 0.15) is 39.5 Å². The Kier molecular flexibility index (Phi) is 5.65. The molecule has 1 rings (SSSR count). The molecule has 2 atom stereocenters. The number of alkyl halides is 1. The summed E-state index contributed by atoms with van der Waals surface area (Å²) in [5, 5.41) is 1.03. The van der Waals surface area contributed by atoms with Crippen LogP contribution in [0.4, 0.5) is 0 Å². The molecule has 0 aliphatic carbocycles. The first-order chi connectivity index (χ1) is 7.19. The summed E-state index contributed by atoms with van der Waals surface area (Å²) in [4.78, 5) is 14.1. The summed E-state index contributed by atoms with van der Waals surface area (Å²) >= 11 is 3.52. The van der Waals surface area contributed by atoms with E-state index in [1.807, 2.05) is 0 Å². The minimum Gasteiger partial charge on any atom is -0.342 e. The number of hydrogen-bond donors (Lipinski definition) is 0. The normalized spacial score (nSPS) is 23.9. The first kappa shape index (κ1) is 13.0. The second kappa shape index (κ2) is 6.51. The molecule has 0 aromatic heterocycles. The summed E-state index contributed by atoms with van der Waals surface area (Å²) in [6.07, 6.45) is 4.55. The van der Waals surface area contributed by atoms with Crippen LogP contribution in [0.15, 0.2) is 0 Å². The van der Waals surface area contributed by atoms with Crippen LogP contribution in [0.25, 0.3) is 0 Å². The third-order valence-corrected chi connectivity index (χ3v) is 4.11. The maximum atomic E-state index is 12.1. The van der Waals surface area contributed by atoms with E-state index in [9.17, 15) is 4.79 Å². The summed E-state index contributed by atoms with van der Waals surface area (Å²) in [5.74, 6) is 1.24. The first-order valence-electron chi connectivity index (χ1n) is 6.03. The number of nitrogens with zero attached hydrogens (tertiary/aromatic N) is 1. The van der Waals surface area contributed by atoms with E-state index in [1.54, 1.807) is 0 Å². The van der Waals surface area contributed by atoms with E-state index in [2.05, 4.69) is 34.7 Å². The van der Waals surface area contributed by atoms with Gasteiger partial charge in [-0.2, -0.15) is 0 Å². The molecule has 2 unspecified atom stereocenters. The van der Waals surface area contributed by atoms with Gasteiger partial charge in [0.15, 0.2) is 0 Å². The molecule has 0 N–H and O–H groups in total. The van der Waals surface area contributed by atoms with Crippen LogP contribution in [-0.2, 0) is 4.79 Å². The number of rotatable bonds is 4. The van der Waals surface area contributed by atoms with E-state index in [4.69, 9.17) is 0 Å². The molecule has 0 radical (unpaired) electrons. The van der Waals surface area contributed by atoms with Crippen LogP contribution in [0, 0.1) is 11.8 Å². The Morgan fingerprint density at radius 3 is 2.93 bits per heavy atom. The molecule has 1 fully saturated rings. The molecule has 1 aliphatic rings. The van der Waals surface area contributed by atoms with Crippen molar-refractivity contribution in [2.75, 3.05) is 18.4 Å². The Balaban J connectivity index is 2.44. The van der Waals surface area contributed by atoms with Crippen LogP contribution >= 0.6 is 15.9 Å². The zero-order chi connectivity index (χ0) is 11.3. The van der Waals surface area contributed by atoms with Gasteiger partial charge in [-0.05, 0) is 25.2 Å². The van der Waals surface area contributed by atoms with Gasteiger partial charge in [0.2, 0.25) is 5.91 Å². The van der Waals surface area contributed by atoms with Crippen LogP contribution in [0.3, 0.4) is 0 Å². The fraction of sp³-hybridized carbons (Fsp3) is 0.917. The lowest BCUT2D eigenvalue weighted by atomic mass is 9.97. The highest BCUT2D eigenvalue weighted by atomic mass is 79.9. The topological polar surface area (TPSA) is 20.3 Å². The first-order valence-corrected chi connectivity index (χ1v) is 7.16. The minimum absolute atomic E-state index is 0.212. The molecule has 0 aromatic rings. The van der Waals surface area contributed by atoms with Crippen molar-refractivity contribution in [3.8, 4) is 0 Å². The monoisotopic (exact) mass is 275 g/mol. The molecule has 1 saturated heterocycles. The van der Waals surface area contributed by atoms with E-state index in [-0.39, 0.29) is 5.92 Å². The summed E-state index contributed by atoms with van der Waals surface area (Å²) in [7, 11) is 0. The Labute approximate surface area is 102 Å². The van der Waals surface area contributed by atoms with Crippen LogP contribution in [-0.4, -0.2) is 29.2 Å². The average molecular weight is 276 g/mol. The molecule has 0 spiro atoms. The quantitative estimate of drug-likeness (QED) is 0.723. The SMILES string of the molecule is CCCC(C)C(=O)N1CCCC(CBr)C1. The molecule has 88 valence electrons. The summed E-state index contributed by atoms with van der Waals surface area (Å²) in [6, 6.07) is 0. The van der Waals surface area contributed by atoms with Crippen molar-refractivity contribution < 1.29 is 4.79 Å². The number of halogens is 1. The van der Waals surface area contributed by atoms with Gasteiger partial charge in [-0.3, -0.25) is 4.79 Å². The zero-order valence-corrected chi connectivity index (χ0v) is 11.4. The Morgan fingerprint density at radius 1 is 1.60 bits per heavy atom. The molecule has 0 bridgehead atoms. The van der Waals surface area contributed by atoms with Crippen LogP contribution in [0.2, 0.25) is 0 Å². The molecular weight excluding hydrogens is 254 g/mol. The highest BCUT2D eigenvalue weighted by molar-refractivity contribution is 9.09. The summed E-state index contributed by atoms with van der Waals surface area (Å²) in [5.41, 5.74) is 0. The molecular formula is C12H22BrNO. The maximum Gasteiger partial charge on any atom is 0.225 e. The van der Waals surface area contributed by atoms with Crippen molar-refractivity contribution in [2.45, 2.75) is 39.5 Å². The summed E-state index contributed by atoms with van der Waals surface area (Å²) in [6.45, 7) is 6.12. The predicted octanol–water partition coefficient (Wildman–Crippen LogP) is 3.06. The van der Waals surface area contributed by atoms with Crippen molar-refractivity contribution >= 4 is 21.8 Å². The Hall–Kier alpha value is -0.0500. The van der Waals surface area contributed by atoms with Crippen molar-refractivity contribution in [3.05, 3.63) is 0 Å². The van der Waals surface area contributed by atoms with E-state index < -0.39 is 0 Å². The standard InChI is InChI=1S/C12H22BrNO/c1-3-5-10(2)12(15)14-7-4-6-11(8-13)9-14/h10-11H,3-9H2,1-2H3. The van der Waals surface area contributed by atoms with Gasteiger partial charge < -0.3 is 4.90 Å². The highest BCUT2D eigenvalue weighted by Gasteiger charge is 2.25. The van der Waals surface area contributed by atoms with Crippen molar-refractivity contribution in [3.63, 3.8) is 0 Å². The molecule has 1 heterocycles. The third-order valence-electron chi connectivity index (χ3n) is 3.19. The maximum absolute atomic E-state index is 12.1. The van der Waals surface area contributed by atoms with Crippen LogP contribution in [0.5, 0.6) is 0 Å². The smallest absolute Gasteiger partial charge is 0.225 e. The molecule has 2 nitrogen and oxygen atoms in total. The molecule has 15 heavy (non-hydrogen) atoms. The van der Waals surface area contributed by atoms with Gasteiger partial charge in [-0.25, -0.2) is 0 Å². The molecule has 1 aliphatic heterocycles. The molecule has 3 heteroatoms. The van der Waals surface area contributed by atoms with Gasteiger partial charge in [0.1, 0.15) is 0 Å². The number of amides is 1. The Bertz CT molecular complexity index is 208.